The van der Waals surface area contributed by atoms with Gasteiger partial charge in [-0.1, -0.05) is 485 Å². The first-order valence-corrected chi connectivity index (χ1v) is 46.4. The first-order valence-electron chi connectivity index (χ1n) is 44.8. The maximum absolute atomic E-state index is 4.43. The second-order valence-electron chi connectivity index (χ2n) is 32.4. The Balaban J connectivity index is 1.14. The fraction of sp³-hybridized carbons (Fsp3) is 0.444. The van der Waals surface area contributed by atoms with Crippen LogP contribution in [-0.4, -0.2) is 0 Å². The number of rotatable bonds is 53. The van der Waals surface area contributed by atoms with Crippen LogP contribution >= 0.6 is 31.9 Å². The highest BCUT2D eigenvalue weighted by Gasteiger charge is 2.22. The molecule has 0 nitrogen and oxygen atoms in total. The van der Waals surface area contributed by atoms with Crippen LogP contribution in [0.1, 0.15) is 351 Å². The zero-order chi connectivity index (χ0) is 76.4. The molecule has 0 saturated heterocycles. The predicted octanol–water partition coefficient (Wildman–Crippen LogP) is 36.0. The van der Waals surface area contributed by atoms with E-state index in [2.05, 4.69) is 278 Å². The Morgan fingerprint density at radius 3 is 0.564 bits per heavy atom. The van der Waals surface area contributed by atoms with Crippen LogP contribution in [0.4, 0.5) is 0 Å². The van der Waals surface area contributed by atoms with E-state index < -0.39 is 0 Å². The second-order valence-corrected chi connectivity index (χ2v) is 34.2. The molecular formula is C108H136Br2. The normalized spacial score (nSPS) is 12.1. The van der Waals surface area contributed by atoms with Crippen molar-refractivity contribution in [3.05, 3.63) is 246 Å². The number of hydrogen-bond donors (Lipinski definition) is 0. The molecule has 0 atom stereocenters. The van der Waals surface area contributed by atoms with E-state index in [4.69, 9.17) is 0 Å². The molecule has 2 heteroatoms. The average molecular weight is 1590 g/mol. The summed E-state index contributed by atoms with van der Waals surface area (Å²) in [6.07, 6.45) is 77.5. The zero-order valence-electron chi connectivity index (χ0n) is 68.7. The summed E-state index contributed by atoms with van der Waals surface area (Å²) < 4.78 is 2.17. The van der Waals surface area contributed by atoms with Gasteiger partial charge in [-0.05, 0) is 197 Å². The third-order valence-corrected chi connectivity index (χ3v) is 25.0. The van der Waals surface area contributed by atoms with Crippen molar-refractivity contribution < 1.29 is 0 Å². The van der Waals surface area contributed by atoms with Gasteiger partial charge in [-0.3, -0.25) is 0 Å². The third kappa shape index (κ3) is 27.2. The summed E-state index contributed by atoms with van der Waals surface area (Å²) in [5, 5.41) is 10.4. The van der Waals surface area contributed by atoms with Crippen molar-refractivity contribution in [3.8, 4) is 11.1 Å². The van der Waals surface area contributed by atoms with E-state index in [0.29, 0.717) is 0 Å². The molecule has 0 aromatic heterocycles. The Labute approximate surface area is 685 Å². The summed E-state index contributed by atoms with van der Waals surface area (Å²) in [4.78, 5) is 0. The largest absolute Gasteiger partial charge is 0.0654 e. The van der Waals surface area contributed by atoms with Crippen LogP contribution in [0.2, 0.25) is 0 Å². The van der Waals surface area contributed by atoms with Gasteiger partial charge in [0.25, 0.3) is 0 Å². The van der Waals surface area contributed by atoms with Crippen LogP contribution < -0.4 is 0 Å². The van der Waals surface area contributed by atoms with Crippen molar-refractivity contribution in [1.82, 2.24) is 0 Å². The van der Waals surface area contributed by atoms with Gasteiger partial charge in [-0.15, -0.1) is 0 Å². The van der Waals surface area contributed by atoms with Crippen molar-refractivity contribution in [3.63, 3.8) is 0 Å². The van der Waals surface area contributed by atoms with Gasteiger partial charge in [0.15, 0.2) is 0 Å². The van der Waals surface area contributed by atoms with Gasteiger partial charge in [0, 0.05) is 8.95 Å². The molecule has 0 saturated carbocycles. The molecule has 0 radical (unpaired) electrons. The minimum absolute atomic E-state index is 1.08. The van der Waals surface area contributed by atoms with Crippen molar-refractivity contribution in [1.29, 1.82) is 0 Å². The van der Waals surface area contributed by atoms with Gasteiger partial charge in [0.05, 0.1) is 0 Å². The van der Waals surface area contributed by atoms with E-state index in [1.807, 2.05) is 0 Å². The van der Waals surface area contributed by atoms with Crippen LogP contribution in [-0.2, 0) is 25.7 Å². The molecule has 0 aliphatic carbocycles. The molecule has 10 aromatic carbocycles. The number of unbranched alkanes of at least 4 members (excludes halogenated alkanes) is 36. The molecule has 10 rings (SSSR count). The summed E-state index contributed by atoms with van der Waals surface area (Å²) in [6.45, 7) is 9.30. The Morgan fingerprint density at radius 1 is 0.191 bits per heavy atom. The number of hydrogen-bond acceptors (Lipinski definition) is 0. The molecule has 582 valence electrons. The lowest BCUT2D eigenvalue weighted by molar-refractivity contribution is 0.553. The minimum atomic E-state index is 1.08. The summed E-state index contributed by atoms with van der Waals surface area (Å²) in [5.41, 5.74) is 18.5. The lowest BCUT2D eigenvalue weighted by atomic mass is 9.84. The van der Waals surface area contributed by atoms with Gasteiger partial charge in [-0.25, -0.2) is 0 Å². The van der Waals surface area contributed by atoms with E-state index in [9.17, 15) is 0 Å². The Hall–Kier alpha value is -6.84. The molecule has 10 aromatic rings. The first kappa shape index (κ1) is 85.6. The van der Waals surface area contributed by atoms with Crippen molar-refractivity contribution in [2.75, 3.05) is 0 Å². The summed E-state index contributed by atoms with van der Waals surface area (Å²) >= 11 is 8.87. The number of halogens is 2. The molecule has 0 amide bonds. The molecule has 0 aliphatic heterocycles. The van der Waals surface area contributed by atoms with E-state index >= 15 is 0 Å². The second kappa shape index (κ2) is 49.6. The summed E-state index contributed by atoms with van der Waals surface area (Å²) in [6, 6.07) is 64.7. The first-order chi connectivity index (χ1) is 54.3. The predicted molar refractivity (Wildman–Crippen MR) is 501 cm³/mol. The van der Waals surface area contributed by atoms with Crippen molar-refractivity contribution >= 4 is 124 Å². The maximum atomic E-state index is 4.43. The highest BCUT2D eigenvalue weighted by atomic mass is 79.9. The van der Waals surface area contributed by atoms with E-state index in [1.165, 1.54) is 356 Å². The topological polar surface area (TPSA) is 0 Å². The van der Waals surface area contributed by atoms with Crippen molar-refractivity contribution in [2.24, 2.45) is 0 Å². The van der Waals surface area contributed by atoms with Crippen LogP contribution in [0.3, 0.4) is 0 Å². The molecular weight excluding hydrogens is 1460 g/mol. The van der Waals surface area contributed by atoms with E-state index in [1.54, 1.807) is 22.3 Å². The van der Waals surface area contributed by atoms with Gasteiger partial charge >= 0.3 is 0 Å². The standard InChI is InChI=1S/C108H136Br2/c1-5-9-13-17-21-25-29-33-37-53-65-89-77-97-93(73-69-85-57-45-41-46-58-85)101-81-105(107(109)83-103(101)95(75-71-87-61-49-43-50-62-87)99(97)79-91(89)67-55-39-35-31-27-23-19-15-11-7-3)106-82-102-94(74-70-86-59-47-42-48-60-86)98-78-90(66-54-38-34-30-26-22-18-14-10-6-2)92(68-56-40-36-32-28-24-20-16-12-8-4)80-100(98)96(104(102)84-108(106)110)76-72-88-63-51-44-52-64-88/h41-52,57-64,69-84H,5-40,53-56,65-68H2,1-4H3. The molecule has 0 heterocycles. The Morgan fingerprint density at radius 2 is 0.364 bits per heavy atom. The molecule has 0 N–H and O–H groups in total. The van der Waals surface area contributed by atoms with Gasteiger partial charge in [0.2, 0.25) is 0 Å². The fourth-order valence-corrected chi connectivity index (χ4v) is 18.3. The lowest BCUT2D eigenvalue weighted by Gasteiger charge is -2.21. The maximum Gasteiger partial charge on any atom is 0.0260 e. The van der Waals surface area contributed by atoms with Crippen LogP contribution in [0.15, 0.2) is 179 Å². The SMILES string of the molecule is CCCCCCCCCCCCc1cc2c(C=Cc3ccccc3)c3cc(Br)c(-c4cc5c(C=Cc6ccccc6)c6cc(CCCCCCCCCCCC)c(CCCCCCCCCCCC)cc6c(C=Cc6ccccc6)c5cc4Br)cc3c(C=Cc3ccccc3)c2cc1CCCCCCCCCCCC. The number of benzene rings is 10. The Kier molecular flexibility index (Phi) is 38.6. The molecule has 0 bridgehead atoms. The van der Waals surface area contributed by atoms with Gasteiger partial charge in [-0.2, -0.15) is 0 Å². The smallest absolute Gasteiger partial charge is 0.0260 e. The molecule has 0 aliphatic rings. The summed E-state index contributed by atoms with van der Waals surface area (Å²) in [7, 11) is 0. The number of aryl methyl sites for hydroxylation is 4. The minimum Gasteiger partial charge on any atom is -0.0654 e. The van der Waals surface area contributed by atoms with E-state index in [-0.39, 0.29) is 0 Å². The van der Waals surface area contributed by atoms with Gasteiger partial charge in [0.1, 0.15) is 0 Å². The monoisotopic (exact) mass is 1590 g/mol. The van der Waals surface area contributed by atoms with Crippen LogP contribution in [0.5, 0.6) is 0 Å². The van der Waals surface area contributed by atoms with Crippen molar-refractivity contribution in [2.45, 2.75) is 310 Å². The highest BCUT2D eigenvalue weighted by molar-refractivity contribution is 9.11. The average Bonchev–Trinajstić information content (AvgIpc) is 0.731. The van der Waals surface area contributed by atoms with Crippen LogP contribution in [0.25, 0.3) is 103 Å². The Bertz CT molecular complexity index is 4150. The molecule has 0 spiro atoms. The molecule has 0 unspecified atom stereocenters. The quantitative estimate of drug-likeness (QED) is 0.0202. The van der Waals surface area contributed by atoms with Gasteiger partial charge < -0.3 is 0 Å². The van der Waals surface area contributed by atoms with Crippen LogP contribution in [0, 0.1) is 0 Å². The van der Waals surface area contributed by atoms with E-state index in [0.717, 1.165) is 34.6 Å². The number of fused-ring (bicyclic) bond motifs is 4. The third-order valence-electron chi connectivity index (χ3n) is 23.7. The molecule has 0 fully saturated rings. The fourth-order valence-electron chi connectivity index (χ4n) is 17.1. The highest BCUT2D eigenvalue weighted by Crippen LogP contribution is 2.47. The summed E-state index contributed by atoms with van der Waals surface area (Å²) in [5.74, 6) is 0. The lowest BCUT2D eigenvalue weighted by Crippen LogP contribution is -2.00. The molecule has 110 heavy (non-hydrogen) atoms. The zero-order valence-corrected chi connectivity index (χ0v) is 71.8.